The number of sulfonamides is 1. The molecule has 0 spiro atoms. The van der Waals surface area contributed by atoms with Gasteiger partial charge in [-0.3, -0.25) is 13.9 Å². The quantitative estimate of drug-likeness (QED) is 0.262. The summed E-state index contributed by atoms with van der Waals surface area (Å²) < 4.78 is 34.2. The lowest BCUT2D eigenvalue weighted by molar-refractivity contribution is -0.139. The fraction of sp³-hybridized carbons (Fsp3) is 0.355. The first kappa shape index (κ1) is 32.0. The Bertz CT molecular complexity index is 1440. The molecule has 41 heavy (non-hydrogen) atoms. The van der Waals surface area contributed by atoms with E-state index in [1.165, 1.54) is 29.2 Å². The van der Waals surface area contributed by atoms with Gasteiger partial charge >= 0.3 is 0 Å². The highest BCUT2D eigenvalue weighted by Crippen LogP contribution is 2.27. The first-order chi connectivity index (χ1) is 19.5. The van der Waals surface area contributed by atoms with Crippen molar-refractivity contribution in [3.8, 4) is 5.75 Å². The van der Waals surface area contributed by atoms with Gasteiger partial charge in [0.05, 0.1) is 17.7 Å². The Morgan fingerprint density at radius 2 is 1.63 bits per heavy atom. The molecule has 0 aromatic heterocycles. The first-order valence-electron chi connectivity index (χ1n) is 13.5. The van der Waals surface area contributed by atoms with Crippen molar-refractivity contribution in [2.75, 3.05) is 24.5 Å². The molecule has 1 atom stereocenters. The summed E-state index contributed by atoms with van der Waals surface area (Å²) in [6.07, 6.45) is 1.72. The number of unbranched alkanes of at least 4 members (excludes halogenated alkanes) is 1. The van der Waals surface area contributed by atoms with Gasteiger partial charge in [0.2, 0.25) is 11.8 Å². The Morgan fingerprint density at radius 3 is 2.22 bits per heavy atom. The van der Waals surface area contributed by atoms with Crippen LogP contribution in [0.3, 0.4) is 0 Å². The van der Waals surface area contributed by atoms with E-state index in [0.29, 0.717) is 23.0 Å². The van der Waals surface area contributed by atoms with Crippen LogP contribution in [0.1, 0.15) is 43.4 Å². The molecular formula is C31H38ClN3O5S. The molecule has 0 aliphatic rings. The number of anilines is 1. The van der Waals surface area contributed by atoms with Crippen LogP contribution >= 0.6 is 11.6 Å². The maximum Gasteiger partial charge on any atom is 0.264 e. The Labute approximate surface area is 248 Å². The summed E-state index contributed by atoms with van der Waals surface area (Å²) in [7, 11) is -2.60. The van der Waals surface area contributed by atoms with E-state index in [4.69, 9.17) is 16.3 Å². The predicted octanol–water partition coefficient (Wildman–Crippen LogP) is 5.49. The molecule has 0 aliphatic heterocycles. The van der Waals surface area contributed by atoms with E-state index in [1.807, 2.05) is 39.0 Å². The fourth-order valence-electron chi connectivity index (χ4n) is 4.19. The van der Waals surface area contributed by atoms with Crippen molar-refractivity contribution in [3.05, 3.63) is 88.4 Å². The standard InChI is InChI=1S/C31H38ClN3O5S/c1-6-7-18-33-31(37)24(4)34(20-25-9-14-28(40-5)15-10-25)30(36)21-35(27-13-8-22(2)23(3)19-27)41(38,39)29-16-11-26(32)12-17-29/h8-17,19,24H,6-7,18,20-21H2,1-5H3,(H,33,37)/t24-/m0/s1. The van der Waals surface area contributed by atoms with Gasteiger partial charge in [-0.1, -0.05) is 43.1 Å². The van der Waals surface area contributed by atoms with E-state index < -0.39 is 28.5 Å². The van der Waals surface area contributed by atoms with E-state index >= 15 is 0 Å². The highest BCUT2D eigenvalue weighted by Gasteiger charge is 2.32. The van der Waals surface area contributed by atoms with Gasteiger partial charge in [-0.2, -0.15) is 0 Å². The van der Waals surface area contributed by atoms with Crippen molar-refractivity contribution in [3.63, 3.8) is 0 Å². The summed E-state index contributed by atoms with van der Waals surface area (Å²) in [5.74, 6) is -0.166. The van der Waals surface area contributed by atoms with Gasteiger partial charge < -0.3 is 15.0 Å². The normalized spacial score (nSPS) is 12.0. The number of aryl methyl sites for hydroxylation is 2. The maximum atomic E-state index is 14.0. The van der Waals surface area contributed by atoms with E-state index in [1.54, 1.807) is 38.3 Å². The van der Waals surface area contributed by atoms with Crippen molar-refractivity contribution >= 4 is 39.1 Å². The summed E-state index contributed by atoms with van der Waals surface area (Å²) in [5, 5.41) is 3.28. The first-order valence-corrected chi connectivity index (χ1v) is 15.4. The largest absolute Gasteiger partial charge is 0.497 e. The molecule has 220 valence electrons. The molecule has 3 rings (SSSR count). The molecule has 2 amide bonds. The van der Waals surface area contributed by atoms with E-state index in [9.17, 15) is 18.0 Å². The maximum absolute atomic E-state index is 14.0. The number of hydrogen-bond acceptors (Lipinski definition) is 5. The minimum absolute atomic E-state index is 0.00000962. The van der Waals surface area contributed by atoms with Gasteiger partial charge in [0.1, 0.15) is 18.3 Å². The van der Waals surface area contributed by atoms with E-state index in [0.717, 1.165) is 33.8 Å². The summed E-state index contributed by atoms with van der Waals surface area (Å²) in [6.45, 7) is 7.58. The Morgan fingerprint density at radius 1 is 0.976 bits per heavy atom. The third-order valence-corrected chi connectivity index (χ3v) is 9.01. The lowest BCUT2D eigenvalue weighted by atomic mass is 10.1. The van der Waals surface area contributed by atoms with Crippen LogP contribution in [-0.2, 0) is 26.2 Å². The van der Waals surface area contributed by atoms with E-state index in [2.05, 4.69) is 5.32 Å². The smallest absolute Gasteiger partial charge is 0.264 e. The third-order valence-electron chi connectivity index (χ3n) is 6.97. The number of ether oxygens (including phenoxy) is 1. The zero-order valence-electron chi connectivity index (χ0n) is 24.2. The van der Waals surface area contributed by atoms with E-state index in [-0.39, 0.29) is 17.3 Å². The molecule has 0 heterocycles. The highest BCUT2D eigenvalue weighted by molar-refractivity contribution is 7.92. The second kappa shape index (κ2) is 14.4. The van der Waals surface area contributed by atoms with Gasteiger partial charge in [0.15, 0.2) is 0 Å². The van der Waals surface area contributed by atoms with Gasteiger partial charge in [-0.25, -0.2) is 8.42 Å². The third kappa shape index (κ3) is 8.24. The molecule has 0 saturated carbocycles. The number of nitrogens with zero attached hydrogens (tertiary/aromatic N) is 2. The molecule has 0 fully saturated rings. The molecule has 8 nitrogen and oxygen atoms in total. The number of carbonyl (C=O) groups excluding carboxylic acids is 2. The summed E-state index contributed by atoms with van der Waals surface area (Å²) >= 11 is 6.01. The minimum atomic E-state index is -4.16. The number of methoxy groups -OCH3 is 1. The molecule has 0 unspecified atom stereocenters. The Balaban J connectivity index is 2.02. The molecule has 3 aromatic rings. The number of nitrogens with one attached hydrogen (secondary N) is 1. The monoisotopic (exact) mass is 599 g/mol. The Kier molecular flexibility index (Phi) is 11.2. The lowest BCUT2D eigenvalue weighted by Crippen LogP contribution is -2.51. The molecule has 0 radical (unpaired) electrons. The van der Waals surface area contributed by atoms with Crippen LogP contribution in [0.5, 0.6) is 5.75 Å². The number of carbonyl (C=O) groups is 2. The second-order valence-electron chi connectivity index (χ2n) is 9.92. The van der Waals surface area contributed by atoms with Crippen molar-refractivity contribution in [1.29, 1.82) is 0 Å². The van der Waals surface area contributed by atoms with Crippen LogP contribution in [0, 0.1) is 13.8 Å². The number of halogens is 1. The Hall–Kier alpha value is -3.56. The van der Waals surface area contributed by atoms with Crippen LogP contribution in [0.15, 0.2) is 71.6 Å². The van der Waals surface area contributed by atoms with Crippen molar-refractivity contribution in [1.82, 2.24) is 10.2 Å². The fourth-order valence-corrected chi connectivity index (χ4v) is 5.72. The molecule has 3 aromatic carbocycles. The van der Waals surface area contributed by atoms with Gasteiger partial charge in [0.25, 0.3) is 10.0 Å². The van der Waals surface area contributed by atoms with Crippen LogP contribution in [0.25, 0.3) is 0 Å². The summed E-state index contributed by atoms with van der Waals surface area (Å²) in [6, 6.07) is 17.4. The van der Waals surface area contributed by atoms with Gasteiger partial charge in [0, 0.05) is 18.1 Å². The van der Waals surface area contributed by atoms with Crippen LogP contribution in [0.4, 0.5) is 5.69 Å². The van der Waals surface area contributed by atoms with Gasteiger partial charge in [-0.05, 0) is 92.4 Å². The average molecular weight is 600 g/mol. The number of rotatable bonds is 13. The van der Waals surface area contributed by atoms with Crippen molar-refractivity contribution in [2.45, 2.75) is 58.0 Å². The van der Waals surface area contributed by atoms with Crippen molar-refractivity contribution in [2.24, 2.45) is 0 Å². The van der Waals surface area contributed by atoms with Crippen molar-refractivity contribution < 1.29 is 22.7 Å². The molecular weight excluding hydrogens is 562 g/mol. The summed E-state index contributed by atoms with van der Waals surface area (Å²) in [5.41, 5.74) is 2.99. The molecule has 1 N–H and O–H groups in total. The van der Waals surface area contributed by atoms with Gasteiger partial charge in [-0.15, -0.1) is 0 Å². The molecule has 0 saturated heterocycles. The molecule has 0 bridgehead atoms. The molecule has 10 heteroatoms. The zero-order chi connectivity index (χ0) is 30.2. The SMILES string of the molecule is CCCCNC(=O)[C@H](C)N(Cc1ccc(OC)cc1)C(=O)CN(c1ccc(C)c(C)c1)S(=O)(=O)c1ccc(Cl)cc1. The lowest BCUT2D eigenvalue weighted by Gasteiger charge is -2.32. The highest BCUT2D eigenvalue weighted by atomic mass is 35.5. The van der Waals surface area contributed by atoms with Crippen LogP contribution in [-0.4, -0.2) is 51.4 Å². The number of benzene rings is 3. The molecule has 0 aliphatic carbocycles. The average Bonchev–Trinajstić information content (AvgIpc) is 2.96. The van der Waals surface area contributed by atoms with Crippen LogP contribution < -0.4 is 14.4 Å². The summed E-state index contributed by atoms with van der Waals surface area (Å²) in [4.78, 5) is 28.5. The topological polar surface area (TPSA) is 96.0 Å². The minimum Gasteiger partial charge on any atom is -0.497 e. The number of amides is 2. The predicted molar refractivity (Wildman–Crippen MR) is 163 cm³/mol. The second-order valence-corrected chi connectivity index (χ2v) is 12.2. The zero-order valence-corrected chi connectivity index (χ0v) is 25.8. The van der Waals surface area contributed by atoms with Crippen LogP contribution in [0.2, 0.25) is 5.02 Å². The number of hydrogen-bond donors (Lipinski definition) is 1.